The molecule has 18 heavy (non-hydrogen) atoms. The summed E-state index contributed by atoms with van der Waals surface area (Å²) < 4.78 is 20.8. The van der Waals surface area contributed by atoms with Gasteiger partial charge in [0.25, 0.3) is 0 Å². The van der Waals surface area contributed by atoms with E-state index in [1.807, 2.05) is 0 Å². The lowest BCUT2D eigenvalue weighted by atomic mass is 10.3. The van der Waals surface area contributed by atoms with E-state index in [4.69, 9.17) is 18.9 Å². The maximum absolute atomic E-state index is 9.22. The Kier molecular flexibility index (Phi) is 7.96. The first-order valence-corrected chi connectivity index (χ1v) is 5.89. The molecule has 5 heteroatoms. The Labute approximate surface area is 107 Å². The lowest BCUT2D eigenvalue weighted by Crippen LogP contribution is -2.12. The van der Waals surface area contributed by atoms with Gasteiger partial charge >= 0.3 is 0 Å². The second kappa shape index (κ2) is 9.70. The summed E-state index contributed by atoms with van der Waals surface area (Å²) in [6.45, 7) is 3.20. The van der Waals surface area contributed by atoms with Gasteiger partial charge in [0.2, 0.25) is 0 Å². The fraction of sp³-hybridized carbons (Fsp3) is 0.538. The SMILES string of the molecule is COCCOCCOCCOc1cccc(O)c1. The van der Waals surface area contributed by atoms with Gasteiger partial charge in [-0.3, -0.25) is 0 Å². The minimum absolute atomic E-state index is 0.194. The molecule has 1 N–H and O–H groups in total. The predicted molar refractivity (Wildman–Crippen MR) is 67.1 cm³/mol. The molecular formula is C13H20O5. The van der Waals surface area contributed by atoms with Gasteiger partial charge in [-0.25, -0.2) is 0 Å². The van der Waals surface area contributed by atoms with Crippen molar-refractivity contribution in [3.63, 3.8) is 0 Å². The summed E-state index contributed by atoms with van der Waals surface area (Å²) in [4.78, 5) is 0. The van der Waals surface area contributed by atoms with Crippen molar-refractivity contribution in [1.29, 1.82) is 0 Å². The van der Waals surface area contributed by atoms with Gasteiger partial charge in [-0.2, -0.15) is 0 Å². The van der Waals surface area contributed by atoms with Crippen LogP contribution in [0.1, 0.15) is 0 Å². The molecule has 0 unspecified atom stereocenters. The lowest BCUT2D eigenvalue weighted by Gasteiger charge is -2.07. The highest BCUT2D eigenvalue weighted by Crippen LogP contribution is 2.17. The molecule has 102 valence electrons. The van der Waals surface area contributed by atoms with Gasteiger partial charge in [-0.1, -0.05) is 6.07 Å². The lowest BCUT2D eigenvalue weighted by molar-refractivity contribution is 0.0179. The molecule has 0 saturated carbocycles. The van der Waals surface area contributed by atoms with E-state index >= 15 is 0 Å². The van der Waals surface area contributed by atoms with E-state index in [2.05, 4.69) is 0 Å². The summed E-state index contributed by atoms with van der Waals surface area (Å²) in [7, 11) is 1.64. The van der Waals surface area contributed by atoms with Crippen LogP contribution in [0.3, 0.4) is 0 Å². The molecule has 5 nitrogen and oxygen atoms in total. The van der Waals surface area contributed by atoms with Crippen LogP contribution in [-0.2, 0) is 14.2 Å². The minimum atomic E-state index is 0.194. The number of hydrogen-bond acceptors (Lipinski definition) is 5. The zero-order chi connectivity index (χ0) is 13.1. The van der Waals surface area contributed by atoms with Gasteiger partial charge in [-0.15, -0.1) is 0 Å². The van der Waals surface area contributed by atoms with Crippen LogP contribution in [0.4, 0.5) is 0 Å². The third-order valence-corrected chi connectivity index (χ3v) is 2.12. The van der Waals surface area contributed by atoms with Crippen molar-refractivity contribution < 1.29 is 24.1 Å². The third kappa shape index (κ3) is 7.11. The molecule has 0 aromatic heterocycles. The smallest absolute Gasteiger partial charge is 0.123 e. The molecule has 0 bridgehead atoms. The van der Waals surface area contributed by atoms with E-state index in [0.717, 1.165) is 0 Å². The minimum Gasteiger partial charge on any atom is -0.508 e. The van der Waals surface area contributed by atoms with Crippen LogP contribution < -0.4 is 4.74 Å². The van der Waals surface area contributed by atoms with Gasteiger partial charge in [0.15, 0.2) is 0 Å². The number of hydrogen-bond donors (Lipinski definition) is 1. The normalized spacial score (nSPS) is 10.5. The number of phenolic OH excluding ortho intramolecular Hbond substituents is 1. The van der Waals surface area contributed by atoms with E-state index in [1.54, 1.807) is 31.4 Å². The number of phenols is 1. The molecule has 1 aromatic rings. The molecule has 0 amide bonds. The molecule has 0 saturated heterocycles. The van der Waals surface area contributed by atoms with E-state index in [9.17, 15) is 5.11 Å². The van der Waals surface area contributed by atoms with Gasteiger partial charge in [0, 0.05) is 13.2 Å². The summed E-state index contributed by atoms with van der Waals surface area (Å²) in [6.07, 6.45) is 0. The zero-order valence-corrected chi connectivity index (χ0v) is 10.6. The van der Waals surface area contributed by atoms with Crippen LogP contribution in [0.5, 0.6) is 11.5 Å². The summed E-state index contributed by atoms with van der Waals surface area (Å²) in [6, 6.07) is 6.68. The Hall–Kier alpha value is -1.30. The molecule has 0 radical (unpaired) electrons. The summed E-state index contributed by atoms with van der Waals surface area (Å²) >= 11 is 0. The molecule has 0 aliphatic rings. The van der Waals surface area contributed by atoms with Gasteiger partial charge in [-0.05, 0) is 12.1 Å². The maximum atomic E-state index is 9.22. The topological polar surface area (TPSA) is 57.2 Å². The number of methoxy groups -OCH3 is 1. The first kappa shape index (κ1) is 14.8. The summed E-state index contributed by atoms with van der Waals surface area (Å²) in [5.74, 6) is 0.829. The molecule has 1 rings (SSSR count). The fourth-order valence-electron chi connectivity index (χ4n) is 1.26. The van der Waals surface area contributed by atoms with Gasteiger partial charge in [0.05, 0.1) is 33.0 Å². The first-order valence-electron chi connectivity index (χ1n) is 5.89. The van der Waals surface area contributed by atoms with E-state index < -0.39 is 0 Å². The second-order valence-electron chi connectivity index (χ2n) is 3.56. The zero-order valence-electron chi connectivity index (χ0n) is 10.6. The predicted octanol–water partition coefficient (Wildman–Crippen LogP) is 1.45. The van der Waals surface area contributed by atoms with Crippen LogP contribution in [0.25, 0.3) is 0 Å². The molecule has 0 spiro atoms. The molecule has 0 aliphatic carbocycles. The Morgan fingerprint density at radius 1 is 0.944 bits per heavy atom. The van der Waals surface area contributed by atoms with Crippen LogP contribution >= 0.6 is 0 Å². The molecule has 0 fully saturated rings. The molecular weight excluding hydrogens is 236 g/mol. The molecule has 1 aromatic carbocycles. The Morgan fingerprint density at radius 3 is 2.28 bits per heavy atom. The summed E-state index contributed by atoms with van der Waals surface area (Å²) in [5.41, 5.74) is 0. The maximum Gasteiger partial charge on any atom is 0.123 e. The van der Waals surface area contributed by atoms with Crippen LogP contribution in [-0.4, -0.2) is 51.9 Å². The van der Waals surface area contributed by atoms with E-state index in [0.29, 0.717) is 45.4 Å². The highest BCUT2D eigenvalue weighted by atomic mass is 16.6. The van der Waals surface area contributed by atoms with Gasteiger partial charge in [0.1, 0.15) is 18.1 Å². The average molecular weight is 256 g/mol. The van der Waals surface area contributed by atoms with Gasteiger partial charge < -0.3 is 24.1 Å². The van der Waals surface area contributed by atoms with Crippen molar-refractivity contribution in [1.82, 2.24) is 0 Å². The van der Waals surface area contributed by atoms with Crippen molar-refractivity contribution >= 4 is 0 Å². The molecule has 0 heterocycles. The Balaban J connectivity index is 1.92. The average Bonchev–Trinajstić information content (AvgIpc) is 2.37. The number of rotatable bonds is 10. The van der Waals surface area contributed by atoms with Crippen LogP contribution in [0, 0.1) is 0 Å². The van der Waals surface area contributed by atoms with Crippen molar-refractivity contribution in [2.75, 3.05) is 46.8 Å². The van der Waals surface area contributed by atoms with Crippen LogP contribution in [0.2, 0.25) is 0 Å². The monoisotopic (exact) mass is 256 g/mol. The van der Waals surface area contributed by atoms with Crippen molar-refractivity contribution in [3.8, 4) is 11.5 Å². The standard InChI is InChI=1S/C13H20O5/c1-15-5-6-16-7-8-17-9-10-18-13-4-2-3-12(14)11-13/h2-4,11,14H,5-10H2,1H3. The largest absolute Gasteiger partial charge is 0.508 e. The Bertz CT molecular complexity index is 316. The summed E-state index contributed by atoms with van der Waals surface area (Å²) in [5, 5.41) is 9.22. The quantitative estimate of drug-likeness (QED) is 0.642. The third-order valence-electron chi connectivity index (χ3n) is 2.12. The highest BCUT2D eigenvalue weighted by Gasteiger charge is 1.95. The first-order chi connectivity index (χ1) is 8.83. The molecule has 0 atom stereocenters. The van der Waals surface area contributed by atoms with E-state index in [1.165, 1.54) is 0 Å². The highest BCUT2D eigenvalue weighted by molar-refractivity contribution is 5.31. The van der Waals surface area contributed by atoms with Crippen molar-refractivity contribution in [3.05, 3.63) is 24.3 Å². The number of aromatic hydroxyl groups is 1. The Morgan fingerprint density at radius 2 is 1.61 bits per heavy atom. The second-order valence-corrected chi connectivity index (χ2v) is 3.56. The van der Waals surface area contributed by atoms with Crippen molar-refractivity contribution in [2.24, 2.45) is 0 Å². The number of ether oxygens (including phenoxy) is 4. The fourth-order valence-corrected chi connectivity index (χ4v) is 1.26. The van der Waals surface area contributed by atoms with Crippen molar-refractivity contribution in [2.45, 2.75) is 0 Å². The van der Waals surface area contributed by atoms with Crippen LogP contribution in [0.15, 0.2) is 24.3 Å². The van der Waals surface area contributed by atoms with E-state index in [-0.39, 0.29) is 5.75 Å². The molecule has 0 aliphatic heterocycles. The number of benzene rings is 1.